The Morgan fingerprint density at radius 3 is 2.64 bits per heavy atom. The highest BCUT2D eigenvalue weighted by Gasteiger charge is 2.22. The van der Waals surface area contributed by atoms with Crippen LogP contribution in [-0.4, -0.2) is 16.8 Å². The van der Waals surface area contributed by atoms with Crippen molar-refractivity contribution in [2.24, 2.45) is 5.92 Å². The lowest BCUT2D eigenvalue weighted by atomic mass is 10.0. The first-order valence-electron chi connectivity index (χ1n) is 4.92. The third-order valence-corrected chi connectivity index (χ3v) is 2.75. The monoisotopic (exact) mass is 193 g/mol. The molecule has 1 aliphatic heterocycles. The zero-order valence-electron chi connectivity index (χ0n) is 8.20. The second kappa shape index (κ2) is 3.50. The highest BCUT2D eigenvalue weighted by atomic mass is 16.3. The maximum atomic E-state index is 9.35. The van der Waals surface area contributed by atoms with Crippen molar-refractivity contribution in [3.63, 3.8) is 0 Å². The fourth-order valence-corrected chi connectivity index (χ4v) is 1.92. The van der Waals surface area contributed by atoms with Gasteiger partial charge in [-0.25, -0.2) is 0 Å². The van der Waals surface area contributed by atoms with Crippen molar-refractivity contribution in [1.29, 1.82) is 0 Å². The number of benzene rings is 1. The molecule has 76 valence electrons. The van der Waals surface area contributed by atoms with Crippen molar-refractivity contribution in [2.45, 2.75) is 19.4 Å². The Morgan fingerprint density at radius 2 is 2.07 bits per heavy atom. The Hall–Kier alpha value is -1.22. The highest BCUT2D eigenvalue weighted by Crippen LogP contribution is 2.32. The minimum Gasteiger partial charge on any atom is -0.504 e. The summed E-state index contributed by atoms with van der Waals surface area (Å²) in [5, 5.41) is 21.9. The summed E-state index contributed by atoms with van der Waals surface area (Å²) in [5.41, 5.74) is 1.05. The summed E-state index contributed by atoms with van der Waals surface area (Å²) in [7, 11) is 0. The third-order valence-electron chi connectivity index (χ3n) is 2.75. The fourth-order valence-electron chi connectivity index (χ4n) is 1.92. The summed E-state index contributed by atoms with van der Waals surface area (Å²) in [6.45, 7) is 3.22. The normalized spacial score (nSPS) is 26.6. The summed E-state index contributed by atoms with van der Waals surface area (Å²) in [6.07, 6.45) is 1.09. The van der Waals surface area contributed by atoms with Crippen molar-refractivity contribution < 1.29 is 10.2 Å². The van der Waals surface area contributed by atoms with Crippen molar-refractivity contribution in [3.05, 3.63) is 23.8 Å². The van der Waals surface area contributed by atoms with Gasteiger partial charge in [-0.05, 0) is 36.6 Å². The molecule has 2 rings (SSSR count). The molecule has 0 saturated carbocycles. The van der Waals surface area contributed by atoms with Crippen LogP contribution < -0.4 is 5.32 Å². The topological polar surface area (TPSA) is 52.5 Å². The lowest BCUT2D eigenvalue weighted by molar-refractivity contribution is 0.402. The molecule has 0 amide bonds. The van der Waals surface area contributed by atoms with E-state index in [-0.39, 0.29) is 11.5 Å². The van der Waals surface area contributed by atoms with Crippen molar-refractivity contribution in [3.8, 4) is 11.5 Å². The molecule has 0 radical (unpaired) electrons. The summed E-state index contributed by atoms with van der Waals surface area (Å²) < 4.78 is 0. The van der Waals surface area contributed by atoms with Gasteiger partial charge in [0, 0.05) is 6.04 Å². The standard InChI is InChI=1S/C11H15NO2/c1-7-4-9(12-6-7)8-2-3-10(13)11(14)5-8/h2-3,5,7,9,12-14H,4,6H2,1H3/t7-,9-/m0/s1. The Labute approximate surface area is 83.4 Å². The van der Waals surface area contributed by atoms with E-state index < -0.39 is 0 Å². The van der Waals surface area contributed by atoms with Crippen LogP contribution in [-0.2, 0) is 0 Å². The number of phenolic OH excluding ortho intramolecular Hbond substituents is 2. The van der Waals surface area contributed by atoms with Crippen LogP contribution in [0.4, 0.5) is 0 Å². The summed E-state index contributed by atoms with van der Waals surface area (Å²) in [4.78, 5) is 0. The smallest absolute Gasteiger partial charge is 0.157 e. The van der Waals surface area contributed by atoms with Crippen molar-refractivity contribution in [1.82, 2.24) is 5.32 Å². The highest BCUT2D eigenvalue weighted by molar-refractivity contribution is 5.41. The third kappa shape index (κ3) is 1.68. The lowest BCUT2D eigenvalue weighted by Gasteiger charge is -2.11. The van der Waals surface area contributed by atoms with E-state index >= 15 is 0 Å². The van der Waals surface area contributed by atoms with Crippen LogP contribution in [0.3, 0.4) is 0 Å². The quantitative estimate of drug-likeness (QED) is 0.596. The number of nitrogens with one attached hydrogen (secondary N) is 1. The maximum Gasteiger partial charge on any atom is 0.157 e. The van der Waals surface area contributed by atoms with Gasteiger partial charge < -0.3 is 15.5 Å². The first kappa shape index (κ1) is 9.34. The molecule has 1 heterocycles. The Morgan fingerprint density at radius 1 is 1.29 bits per heavy atom. The average Bonchev–Trinajstić information content (AvgIpc) is 2.57. The van der Waals surface area contributed by atoms with Crippen LogP contribution in [0.15, 0.2) is 18.2 Å². The molecule has 0 aliphatic carbocycles. The zero-order valence-corrected chi connectivity index (χ0v) is 8.20. The average molecular weight is 193 g/mol. The summed E-state index contributed by atoms with van der Waals surface area (Å²) in [5.74, 6) is 0.583. The molecule has 0 unspecified atom stereocenters. The molecular formula is C11H15NO2. The van der Waals surface area contributed by atoms with Crippen LogP contribution in [0.2, 0.25) is 0 Å². The molecule has 1 aliphatic rings. The van der Waals surface area contributed by atoms with Gasteiger partial charge in [0.1, 0.15) is 0 Å². The molecule has 3 nitrogen and oxygen atoms in total. The van der Waals surface area contributed by atoms with Gasteiger partial charge in [-0.2, -0.15) is 0 Å². The number of hydrogen-bond donors (Lipinski definition) is 3. The van der Waals surface area contributed by atoms with Gasteiger partial charge in [0.15, 0.2) is 11.5 Å². The molecule has 1 fully saturated rings. The van der Waals surface area contributed by atoms with Crippen LogP contribution in [0.25, 0.3) is 0 Å². The van der Waals surface area contributed by atoms with E-state index in [9.17, 15) is 5.11 Å². The van der Waals surface area contributed by atoms with Gasteiger partial charge in [-0.15, -0.1) is 0 Å². The molecular weight excluding hydrogens is 178 g/mol. The Balaban J connectivity index is 2.20. The number of rotatable bonds is 1. The molecule has 0 spiro atoms. The number of phenols is 2. The minimum absolute atomic E-state index is 0.0381. The van der Waals surface area contributed by atoms with Gasteiger partial charge >= 0.3 is 0 Å². The van der Waals surface area contributed by atoms with Crippen LogP contribution in [0.1, 0.15) is 24.9 Å². The molecule has 2 atom stereocenters. The predicted molar refractivity (Wildman–Crippen MR) is 54.3 cm³/mol. The van der Waals surface area contributed by atoms with E-state index in [4.69, 9.17) is 5.11 Å². The van der Waals surface area contributed by atoms with E-state index in [0.29, 0.717) is 12.0 Å². The lowest BCUT2D eigenvalue weighted by Crippen LogP contribution is -2.13. The number of hydrogen-bond acceptors (Lipinski definition) is 3. The Kier molecular flexibility index (Phi) is 2.33. The largest absolute Gasteiger partial charge is 0.504 e. The van der Waals surface area contributed by atoms with E-state index in [0.717, 1.165) is 18.5 Å². The molecule has 1 aromatic carbocycles. The SMILES string of the molecule is C[C@@H]1CN[C@H](c2ccc(O)c(O)c2)C1. The first-order valence-corrected chi connectivity index (χ1v) is 4.92. The molecule has 0 aromatic heterocycles. The van der Waals surface area contributed by atoms with Gasteiger partial charge in [0.05, 0.1) is 0 Å². The Bertz CT molecular complexity index is 338. The van der Waals surface area contributed by atoms with Gasteiger partial charge in [-0.1, -0.05) is 13.0 Å². The molecule has 1 saturated heterocycles. The number of aromatic hydroxyl groups is 2. The van der Waals surface area contributed by atoms with E-state index in [1.54, 1.807) is 6.07 Å². The van der Waals surface area contributed by atoms with Crippen molar-refractivity contribution in [2.75, 3.05) is 6.54 Å². The van der Waals surface area contributed by atoms with Crippen LogP contribution in [0.5, 0.6) is 11.5 Å². The molecule has 14 heavy (non-hydrogen) atoms. The summed E-state index contributed by atoms with van der Waals surface area (Å²) >= 11 is 0. The van der Waals surface area contributed by atoms with E-state index in [1.165, 1.54) is 6.07 Å². The van der Waals surface area contributed by atoms with E-state index in [1.807, 2.05) is 6.07 Å². The molecule has 3 heteroatoms. The zero-order chi connectivity index (χ0) is 10.1. The first-order chi connectivity index (χ1) is 6.66. The molecule has 0 bridgehead atoms. The van der Waals surface area contributed by atoms with Crippen molar-refractivity contribution >= 4 is 0 Å². The van der Waals surface area contributed by atoms with Crippen LogP contribution in [0, 0.1) is 5.92 Å². The second-order valence-electron chi connectivity index (χ2n) is 4.05. The second-order valence-corrected chi connectivity index (χ2v) is 4.05. The summed E-state index contributed by atoms with van der Waals surface area (Å²) in [6, 6.07) is 5.34. The molecule has 1 aromatic rings. The van der Waals surface area contributed by atoms with Gasteiger partial charge in [-0.3, -0.25) is 0 Å². The fraction of sp³-hybridized carbons (Fsp3) is 0.455. The predicted octanol–water partition coefficient (Wildman–Crippen LogP) is 1.77. The minimum atomic E-state index is -0.0557. The van der Waals surface area contributed by atoms with Gasteiger partial charge in [0.25, 0.3) is 0 Å². The molecule has 3 N–H and O–H groups in total. The maximum absolute atomic E-state index is 9.35. The van der Waals surface area contributed by atoms with Gasteiger partial charge in [0.2, 0.25) is 0 Å². The van der Waals surface area contributed by atoms with Crippen LogP contribution >= 0.6 is 0 Å². The van der Waals surface area contributed by atoms with E-state index in [2.05, 4.69) is 12.2 Å².